The molecule has 2 unspecified atom stereocenters. The minimum Gasteiger partial charge on any atom is -0.330 e. The number of piperidine rings is 1. The van der Waals surface area contributed by atoms with Gasteiger partial charge in [-0.15, -0.1) is 0 Å². The average Bonchev–Trinajstić information content (AvgIpc) is 2.77. The highest BCUT2D eigenvalue weighted by Crippen LogP contribution is 2.28. The van der Waals surface area contributed by atoms with Gasteiger partial charge < -0.3 is 15.2 Å². The number of anilines is 1. The van der Waals surface area contributed by atoms with Gasteiger partial charge >= 0.3 is 11.9 Å². The highest BCUT2D eigenvalue weighted by Gasteiger charge is 2.34. The molecule has 2 N–H and O–H groups in total. The molecule has 1 aromatic rings. The Morgan fingerprint density at radius 3 is 2.78 bits per heavy atom. The normalized spacial score (nSPS) is 25.5. The lowest BCUT2D eigenvalue weighted by molar-refractivity contribution is 0.00559. The average molecular weight is 264 g/mol. The molecule has 0 saturated carbocycles. The quantitative estimate of drug-likeness (QED) is 0.891. The zero-order chi connectivity index (χ0) is 13.3. The minimum absolute atomic E-state index is 0.0405. The van der Waals surface area contributed by atoms with Gasteiger partial charge in [-0.3, -0.25) is 0 Å². The van der Waals surface area contributed by atoms with E-state index in [1.807, 2.05) is 0 Å². The van der Waals surface area contributed by atoms with Gasteiger partial charge in [0.2, 0.25) is 5.82 Å². The summed E-state index contributed by atoms with van der Waals surface area (Å²) in [6.45, 7) is 1.47. The molecule has 2 atom stereocenters. The first kappa shape index (κ1) is 13.1. The molecule has 0 aliphatic carbocycles. The maximum atomic E-state index is 13.7. The van der Waals surface area contributed by atoms with E-state index in [1.165, 1.54) is 4.90 Å². The zero-order valence-electron chi connectivity index (χ0n) is 9.94. The Balaban J connectivity index is 2.07. The Bertz CT molecular complexity index is 406. The lowest BCUT2D eigenvalue weighted by atomic mass is 9.95. The molecule has 5 nitrogen and oxygen atoms in total. The number of nitrogens with two attached hydrogens (primary N) is 1. The van der Waals surface area contributed by atoms with Crippen molar-refractivity contribution in [3.8, 4) is 0 Å². The van der Waals surface area contributed by atoms with Crippen molar-refractivity contribution in [3.63, 3.8) is 0 Å². The van der Waals surface area contributed by atoms with Gasteiger partial charge in [0.25, 0.3) is 0 Å². The summed E-state index contributed by atoms with van der Waals surface area (Å²) in [7, 11) is 0. The van der Waals surface area contributed by atoms with Crippen LogP contribution in [0.2, 0.25) is 0 Å². The smallest absolute Gasteiger partial charge is 0.324 e. The summed E-state index contributed by atoms with van der Waals surface area (Å²) in [4.78, 5) is 5.06. The second kappa shape index (κ2) is 4.75. The third-order valence-electron chi connectivity index (χ3n) is 3.06. The Morgan fingerprint density at radius 2 is 2.28 bits per heavy atom. The van der Waals surface area contributed by atoms with Crippen molar-refractivity contribution in [3.05, 3.63) is 5.82 Å². The summed E-state index contributed by atoms with van der Waals surface area (Å²) in [5, 5.41) is 3.20. The van der Waals surface area contributed by atoms with E-state index in [0.29, 0.717) is 19.9 Å². The maximum absolute atomic E-state index is 13.7. The van der Waals surface area contributed by atoms with E-state index >= 15 is 0 Å². The summed E-state index contributed by atoms with van der Waals surface area (Å²) < 4.78 is 44.3. The van der Waals surface area contributed by atoms with Crippen LogP contribution in [-0.2, 0) is 5.92 Å². The van der Waals surface area contributed by atoms with Gasteiger partial charge in [0.05, 0.1) is 6.54 Å². The summed E-state index contributed by atoms with van der Waals surface area (Å²) in [6, 6.07) is -0.0651. The first-order valence-electron chi connectivity index (χ1n) is 5.73. The number of alkyl halides is 3. The van der Waals surface area contributed by atoms with Crippen molar-refractivity contribution in [1.29, 1.82) is 0 Å². The fourth-order valence-corrected chi connectivity index (χ4v) is 1.91. The molecule has 0 aromatic carbocycles. The van der Waals surface area contributed by atoms with Gasteiger partial charge in [0, 0.05) is 19.4 Å². The number of rotatable bonds is 3. The molecule has 18 heavy (non-hydrogen) atoms. The zero-order valence-corrected chi connectivity index (χ0v) is 9.94. The largest absolute Gasteiger partial charge is 0.330 e. The van der Waals surface area contributed by atoms with Gasteiger partial charge in [0.15, 0.2) is 0 Å². The Hall–Kier alpha value is -1.31. The molecule has 0 amide bonds. The van der Waals surface area contributed by atoms with E-state index < -0.39 is 17.9 Å². The molecular formula is C10H15F3N4O. The van der Waals surface area contributed by atoms with Crippen LogP contribution in [0.25, 0.3) is 0 Å². The molecule has 0 radical (unpaired) electrons. The molecule has 2 heterocycles. The number of hydrogen-bond donors (Lipinski definition) is 1. The SMILES string of the molecule is CC(F)(F)c1noc(N2CCC(CN)C(F)C2)n1. The summed E-state index contributed by atoms with van der Waals surface area (Å²) in [5.74, 6) is -4.04. The molecular weight excluding hydrogens is 249 g/mol. The highest BCUT2D eigenvalue weighted by atomic mass is 19.3. The van der Waals surface area contributed by atoms with Crippen LogP contribution in [0.15, 0.2) is 4.52 Å². The van der Waals surface area contributed by atoms with Crippen molar-refractivity contribution in [2.24, 2.45) is 11.7 Å². The fourth-order valence-electron chi connectivity index (χ4n) is 1.91. The second-order valence-corrected chi connectivity index (χ2v) is 4.54. The van der Waals surface area contributed by atoms with Crippen LogP contribution in [0.1, 0.15) is 19.2 Å². The van der Waals surface area contributed by atoms with Gasteiger partial charge in [0.1, 0.15) is 6.17 Å². The number of aromatic nitrogens is 2. The summed E-state index contributed by atoms with van der Waals surface area (Å²) in [5.41, 5.74) is 5.43. The molecule has 2 rings (SSSR count). The van der Waals surface area contributed by atoms with Gasteiger partial charge in [-0.1, -0.05) is 5.16 Å². The molecule has 1 fully saturated rings. The topological polar surface area (TPSA) is 68.2 Å². The van der Waals surface area contributed by atoms with Crippen LogP contribution in [0.3, 0.4) is 0 Å². The maximum Gasteiger partial charge on any atom is 0.324 e. The Labute approximate surface area is 102 Å². The van der Waals surface area contributed by atoms with E-state index in [0.717, 1.165) is 0 Å². The third kappa shape index (κ3) is 2.58. The van der Waals surface area contributed by atoms with E-state index in [9.17, 15) is 13.2 Å². The third-order valence-corrected chi connectivity index (χ3v) is 3.06. The predicted octanol–water partition coefficient (Wildman–Crippen LogP) is 1.30. The standard InChI is InChI=1S/C10H15F3N4O/c1-10(12,13)8-15-9(18-16-8)17-3-2-6(4-14)7(11)5-17/h6-7H,2-5,14H2,1H3. The summed E-state index contributed by atoms with van der Waals surface area (Å²) >= 11 is 0. The lowest BCUT2D eigenvalue weighted by Gasteiger charge is -2.32. The molecule has 1 aliphatic rings. The summed E-state index contributed by atoms with van der Waals surface area (Å²) in [6.07, 6.45) is -0.570. The predicted molar refractivity (Wildman–Crippen MR) is 58.1 cm³/mol. The molecule has 1 saturated heterocycles. The Morgan fingerprint density at radius 1 is 1.56 bits per heavy atom. The molecule has 0 spiro atoms. The van der Waals surface area contributed by atoms with Crippen molar-refractivity contribution in [1.82, 2.24) is 10.1 Å². The van der Waals surface area contributed by atoms with E-state index in [1.54, 1.807) is 0 Å². The van der Waals surface area contributed by atoms with Crippen molar-refractivity contribution < 1.29 is 17.7 Å². The first-order chi connectivity index (χ1) is 8.41. The van der Waals surface area contributed by atoms with Gasteiger partial charge in [-0.25, -0.2) is 4.39 Å². The van der Waals surface area contributed by atoms with Crippen LogP contribution in [0.4, 0.5) is 19.2 Å². The van der Waals surface area contributed by atoms with E-state index in [-0.39, 0.29) is 25.0 Å². The molecule has 102 valence electrons. The van der Waals surface area contributed by atoms with E-state index in [2.05, 4.69) is 10.1 Å². The molecule has 1 aromatic heterocycles. The van der Waals surface area contributed by atoms with Crippen LogP contribution in [0, 0.1) is 5.92 Å². The Kier molecular flexibility index (Phi) is 3.47. The number of hydrogen-bond acceptors (Lipinski definition) is 5. The van der Waals surface area contributed by atoms with Crippen LogP contribution in [0.5, 0.6) is 0 Å². The van der Waals surface area contributed by atoms with Crippen LogP contribution in [-0.4, -0.2) is 35.9 Å². The number of nitrogens with zero attached hydrogens (tertiary/aromatic N) is 3. The molecule has 0 bridgehead atoms. The van der Waals surface area contributed by atoms with E-state index in [4.69, 9.17) is 10.3 Å². The minimum atomic E-state index is -3.16. The number of halogens is 3. The van der Waals surface area contributed by atoms with Crippen molar-refractivity contribution >= 4 is 6.01 Å². The second-order valence-electron chi connectivity index (χ2n) is 4.54. The van der Waals surface area contributed by atoms with Gasteiger partial charge in [-0.2, -0.15) is 13.8 Å². The van der Waals surface area contributed by atoms with Gasteiger partial charge in [-0.05, 0) is 13.0 Å². The molecule has 1 aliphatic heterocycles. The first-order valence-corrected chi connectivity index (χ1v) is 5.73. The fraction of sp³-hybridized carbons (Fsp3) is 0.800. The van der Waals surface area contributed by atoms with Crippen molar-refractivity contribution in [2.45, 2.75) is 25.4 Å². The monoisotopic (exact) mass is 264 g/mol. The van der Waals surface area contributed by atoms with Crippen LogP contribution < -0.4 is 10.6 Å². The highest BCUT2D eigenvalue weighted by molar-refractivity contribution is 5.27. The lowest BCUT2D eigenvalue weighted by Crippen LogP contribution is -2.44. The van der Waals surface area contributed by atoms with Crippen molar-refractivity contribution in [2.75, 3.05) is 24.5 Å². The molecule has 8 heteroatoms. The van der Waals surface area contributed by atoms with Crippen LogP contribution >= 0.6 is 0 Å².